The van der Waals surface area contributed by atoms with E-state index < -0.39 is 0 Å². The Bertz CT molecular complexity index is 961. The SMILES string of the molecule is COc1cccc(OC=C(C)C(=Nc2ccc(C)cc2)Oc2ccccc2)c1. The van der Waals surface area contributed by atoms with Gasteiger partial charge in [-0.15, -0.1) is 0 Å². The van der Waals surface area contributed by atoms with E-state index in [2.05, 4.69) is 4.99 Å². The molecule has 0 N–H and O–H groups in total. The zero-order valence-corrected chi connectivity index (χ0v) is 16.3. The summed E-state index contributed by atoms with van der Waals surface area (Å²) in [5, 5.41) is 0. The van der Waals surface area contributed by atoms with Crippen molar-refractivity contribution in [1.29, 1.82) is 0 Å². The van der Waals surface area contributed by atoms with Crippen LogP contribution in [0.1, 0.15) is 12.5 Å². The Morgan fingerprint density at radius 1 is 0.821 bits per heavy atom. The van der Waals surface area contributed by atoms with Crippen molar-refractivity contribution in [3.8, 4) is 17.2 Å². The molecule has 0 spiro atoms. The van der Waals surface area contributed by atoms with Gasteiger partial charge < -0.3 is 14.2 Å². The average Bonchev–Trinajstić information content (AvgIpc) is 2.74. The van der Waals surface area contributed by atoms with Crippen LogP contribution in [0.4, 0.5) is 5.69 Å². The van der Waals surface area contributed by atoms with Crippen molar-refractivity contribution < 1.29 is 14.2 Å². The van der Waals surface area contributed by atoms with Gasteiger partial charge in [0.2, 0.25) is 5.90 Å². The fourth-order valence-corrected chi connectivity index (χ4v) is 2.41. The van der Waals surface area contributed by atoms with Crippen molar-refractivity contribution in [3.05, 3.63) is 96.3 Å². The summed E-state index contributed by atoms with van der Waals surface area (Å²) in [4.78, 5) is 4.66. The average molecular weight is 373 g/mol. The molecule has 3 aromatic rings. The molecule has 0 heterocycles. The first kappa shape index (κ1) is 19.2. The molecule has 0 saturated heterocycles. The van der Waals surface area contributed by atoms with Gasteiger partial charge in [0.05, 0.1) is 19.1 Å². The lowest BCUT2D eigenvalue weighted by molar-refractivity contribution is 0.408. The first-order chi connectivity index (χ1) is 13.6. The highest BCUT2D eigenvalue weighted by atomic mass is 16.5. The van der Waals surface area contributed by atoms with Crippen LogP contribution in [0.5, 0.6) is 17.2 Å². The van der Waals surface area contributed by atoms with Crippen molar-refractivity contribution in [3.63, 3.8) is 0 Å². The maximum atomic E-state index is 6.02. The van der Waals surface area contributed by atoms with E-state index in [0.717, 1.165) is 17.0 Å². The van der Waals surface area contributed by atoms with Gasteiger partial charge in [-0.2, -0.15) is 0 Å². The Labute approximate surface area is 165 Å². The quantitative estimate of drug-likeness (QED) is 0.298. The molecule has 28 heavy (non-hydrogen) atoms. The van der Waals surface area contributed by atoms with E-state index in [-0.39, 0.29) is 0 Å². The fraction of sp³-hybridized carbons (Fsp3) is 0.125. The Hall–Kier alpha value is -3.53. The van der Waals surface area contributed by atoms with Crippen molar-refractivity contribution in [1.82, 2.24) is 0 Å². The van der Waals surface area contributed by atoms with Crippen LogP contribution in [0.2, 0.25) is 0 Å². The number of nitrogens with zero attached hydrogens (tertiary/aromatic N) is 1. The third kappa shape index (κ3) is 5.48. The minimum Gasteiger partial charge on any atom is -0.497 e. The standard InChI is InChI=1S/C24H23NO3/c1-18-12-14-20(15-13-18)25-24(28-21-8-5-4-6-9-21)19(2)17-27-23-11-7-10-22(16-23)26-3/h4-17H,1-3H3. The highest BCUT2D eigenvalue weighted by molar-refractivity contribution is 5.96. The van der Waals surface area contributed by atoms with E-state index in [1.54, 1.807) is 13.4 Å². The molecule has 0 saturated carbocycles. The number of ether oxygens (including phenoxy) is 3. The monoisotopic (exact) mass is 373 g/mol. The molecule has 3 rings (SSSR count). The van der Waals surface area contributed by atoms with Crippen LogP contribution < -0.4 is 14.2 Å². The molecule has 0 fully saturated rings. The number of hydrogen-bond donors (Lipinski definition) is 0. The van der Waals surface area contributed by atoms with E-state index in [1.807, 2.05) is 92.7 Å². The van der Waals surface area contributed by atoms with Crippen molar-refractivity contribution in [2.75, 3.05) is 7.11 Å². The van der Waals surface area contributed by atoms with Crippen LogP contribution in [-0.4, -0.2) is 13.0 Å². The van der Waals surface area contributed by atoms with Gasteiger partial charge in [0.25, 0.3) is 0 Å². The molecule has 0 atom stereocenters. The van der Waals surface area contributed by atoms with E-state index >= 15 is 0 Å². The lowest BCUT2D eigenvalue weighted by atomic mass is 10.2. The molecule has 4 heteroatoms. The molecular weight excluding hydrogens is 350 g/mol. The van der Waals surface area contributed by atoms with Gasteiger partial charge >= 0.3 is 0 Å². The smallest absolute Gasteiger partial charge is 0.225 e. The Morgan fingerprint density at radius 3 is 2.21 bits per heavy atom. The van der Waals surface area contributed by atoms with Crippen molar-refractivity contribution in [2.45, 2.75) is 13.8 Å². The predicted octanol–water partition coefficient (Wildman–Crippen LogP) is 6.10. The molecule has 0 aliphatic carbocycles. The summed E-state index contributed by atoms with van der Waals surface area (Å²) >= 11 is 0. The van der Waals surface area contributed by atoms with E-state index in [0.29, 0.717) is 17.4 Å². The summed E-state index contributed by atoms with van der Waals surface area (Å²) in [6.45, 7) is 3.94. The number of para-hydroxylation sites is 1. The lowest BCUT2D eigenvalue weighted by Gasteiger charge is -2.10. The zero-order valence-electron chi connectivity index (χ0n) is 16.3. The number of benzene rings is 3. The maximum Gasteiger partial charge on any atom is 0.225 e. The second-order valence-electron chi connectivity index (χ2n) is 6.27. The van der Waals surface area contributed by atoms with Crippen molar-refractivity contribution in [2.24, 2.45) is 4.99 Å². The van der Waals surface area contributed by atoms with E-state index in [4.69, 9.17) is 14.2 Å². The summed E-state index contributed by atoms with van der Waals surface area (Å²) in [5.74, 6) is 2.59. The zero-order chi connectivity index (χ0) is 19.8. The van der Waals surface area contributed by atoms with Gasteiger partial charge in [0, 0.05) is 11.6 Å². The third-order valence-corrected chi connectivity index (χ3v) is 3.97. The topological polar surface area (TPSA) is 40.0 Å². The number of aliphatic imine (C=N–C) groups is 1. The molecule has 0 aliphatic rings. The molecule has 0 aromatic heterocycles. The van der Waals surface area contributed by atoms with Gasteiger partial charge in [-0.05, 0) is 50.2 Å². The maximum absolute atomic E-state index is 6.02. The lowest BCUT2D eigenvalue weighted by Crippen LogP contribution is -2.10. The summed E-state index contributed by atoms with van der Waals surface area (Å²) < 4.78 is 17.0. The minimum absolute atomic E-state index is 0.470. The Balaban J connectivity index is 1.86. The summed E-state index contributed by atoms with van der Waals surface area (Å²) in [6, 6.07) is 24.9. The molecule has 142 valence electrons. The van der Waals surface area contributed by atoms with Gasteiger partial charge in [-0.25, -0.2) is 4.99 Å². The second-order valence-corrected chi connectivity index (χ2v) is 6.27. The highest BCUT2D eigenvalue weighted by Crippen LogP contribution is 2.21. The number of hydrogen-bond acceptors (Lipinski definition) is 4. The molecule has 4 nitrogen and oxygen atoms in total. The first-order valence-corrected chi connectivity index (χ1v) is 9.00. The fourth-order valence-electron chi connectivity index (χ4n) is 2.41. The Morgan fingerprint density at radius 2 is 1.50 bits per heavy atom. The minimum atomic E-state index is 0.470. The predicted molar refractivity (Wildman–Crippen MR) is 113 cm³/mol. The molecule has 0 aliphatic heterocycles. The largest absolute Gasteiger partial charge is 0.497 e. The van der Waals surface area contributed by atoms with Gasteiger partial charge in [-0.3, -0.25) is 0 Å². The molecule has 3 aromatic carbocycles. The molecule has 0 unspecified atom stereocenters. The van der Waals surface area contributed by atoms with E-state index in [1.165, 1.54) is 5.56 Å². The molecular formula is C24H23NO3. The van der Waals surface area contributed by atoms with Crippen LogP contribution in [0.15, 0.2) is 95.7 Å². The van der Waals surface area contributed by atoms with Gasteiger partial charge in [-0.1, -0.05) is 42.0 Å². The first-order valence-electron chi connectivity index (χ1n) is 9.00. The summed E-state index contributed by atoms with van der Waals surface area (Å²) in [7, 11) is 1.63. The van der Waals surface area contributed by atoms with Crippen LogP contribution in [-0.2, 0) is 0 Å². The number of rotatable bonds is 6. The third-order valence-electron chi connectivity index (χ3n) is 3.97. The van der Waals surface area contributed by atoms with Gasteiger partial charge in [0.1, 0.15) is 17.2 Å². The number of aryl methyl sites for hydroxylation is 1. The van der Waals surface area contributed by atoms with E-state index in [9.17, 15) is 0 Å². The van der Waals surface area contributed by atoms with Crippen molar-refractivity contribution >= 4 is 11.6 Å². The van der Waals surface area contributed by atoms with Crippen LogP contribution in [0.25, 0.3) is 0 Å². The normalized spacial score (nSPS) is 11.8. The molecule has 0 amide bonds. The Kier molecular flexibility index (Phi) is 6.47. The summed E-state index contributed by atoms with van der Waals surface area (Å²) in [5.41, 5.74) is 2.75. The molecule has 0 bridgehead atoms. The van der Waals surface area contributed by atoms with Crippen LogP contribution in [0, 0.1) is 6.92 Å². The van der Waals surface area contributed by atoms with Crippen LogP contribution >= 0.6 is 0 Å². The van der Waals surface area contributed by atoms with Crippen LogP contribution in [0.3, 0.4) is 0 Å². The number of methoxy groups -OCH3 is 1. The molecule has 0 radical (unpaired) electrons. The van der Waals surface area contributed by atoms with Gasteiger partial charge in [0.15, 0.2) is 0 Å². The second kappa shape index (κ2) is 9.42. The summed E-state index contributed by atoms with van der Waals surface area (Å²) in [6.07, 6.45) is 1.63. The highest BCUT2D eigenvalue weighted by Gasteiger charge is 2.08.